The lowest BCUT2D eigenvalue weighted by molar-refractivity contribution is 0.0609. The Hall–Kier alpha value is -6.46. The van der Waals surface area contributed by atoms with Crippen molar-refractivity contribution in [1.29, 1.82) is 0 Å². The van der Waals surface area contributed by atoms with E-state index in [1.54, 1.807) is 40.1 Å². The summed E-state index contributed by atoms with van der Waals surface area (Å²) in [6.07, 6.45) is 6.00. The highest BCUT2D eigenvalue weighted by Crippen LogP contribution is 2.33. The summed E-state index contributed by atoms with van der Waals surface area (Å²) < 4.78 is 3.26. The summed E-state index contributed by atoms with van der Waals surface area (Å²) in [4.78, 5) is 55.6. The second-order valence-corrected chi connectivity index (χ2v) is 23.3. The molecule has 3 aliphatic heterocycles. The first-order valence-corrected chi connectivity index (χ1v) is 24.5. The molecule has 0 fully saturated rings. The molecular formula is C59H76N8O3. The van der Waals surface area contributed by atoms with Crippen molar-refractivity contribution >= 4 is 33.5 Å². The number of rotatable bonds is 0. The van der Waals surface area contributed by atoms with Crippen molar-refractivity contribution in [2.45, 2.75) is 158 Å². The molecule has 10 rings (SSSR count). The third-order valence-electron chi connectivity index (χ3n) is 12.7. The number of hydrogen-bond acceptors (Lipinski definition) is 8. The van der Waals surface area contributed by atoms with E-state index in [1.807, 2.05) is 95.0 Å². The van der Waals surface area contributed by atoms with Crippen LogP contribution in [-0.2, 0) is 37.1 Å². The number of carbonyl (C=O) groups excluding carboxylic acids is 1. The zero-order chi connectivity index (χ0) is 51.4. The third kappa shape index (κ3) is 12.6. The summed E-state index contributed by atoms with van der Waals surface area (Å²) in [6, 6.07) is 36.3. The van der Waals surface area contributed by atoms with Crippen molar-refractivity contribution in [3.05, 3.63) is 177 Å². The predicted octanol–water partition coefficient (Wildman–Crippen LogP) is 11.8. The summed E-state index contributed by atoms with van der Waals surface area (Å²) in [5.41, 5.74) is 9.64. The lowest BCUT2D eigenvalue weighted by atomic mass is 10.1. The number of fused-ring (bicyclic) bond motifs is 5. The molecule has 0 atom stereocenters. The maximum atomic E-state index is 12.1. The highest BCUT2D eigenvalue weighted by atomic mass is 16.2. The largest absolute Gasteiger partial charge is 0.366 e. The number of anilines is 1. The highest BCUT2D eigenvalue weighted by Gasteiger charge is 2.34. The van der Waals surface area contributed by atoms with E-state index in [0.717, 1.165) is 36.3 Å². The molecule has 0 radical (unpaired) electrons. The van der Waals surface area contributed by atoms with E-state index in [0.29, 0.717) is 22.0 Å². The molecule has 11 nitrogen and oxygen atoms in total. The molecule has 70 heavy (non-hydrogen) atoms. The Morgan fingerprint density at radius 2 is 0.914 bits per heavy atom. The van der Waals surface area contributed by atoms with Gasteiger partial charge in [0.15, 0.2) is 5.52 Å². The van der Waals surface area contributed by atoms with Crippen molar-refractivity contribution in [2.24, 2.45) is 0 Å². The number of carbonyl (C=O) groups is 1. The molecule has 4 aromatic carbocycles. The molecule has 0 saturated carbocycles. The van der Waals surface area contributed by atoms with Crippen LogP contribution in [0.4, 0.5) is 5.69 Å². The van der Waals surface area contributed by atoms with Gasteiger partial charge in [-0.25, -0.2) is 15.0 Å². The summed E-state index contributed by atoms with van der Waals surface area (Å²) in [6.45, 7) is 35.8. The molecular weight excluding hydrogens is 869 g/mol. The smallest absolute Gasteiger partial charge is 0.280 e. The van der Waals surface area contributed by atoms with E-state index in [4.69, 9.17) is 0 Å². The minimum absolute atomic E-state index is 0.0214. The monoisotopic (exact) mass is 945 g/mol. The normalized spacial score (nSPS) is 14.5. The van der Waals surface area contributed by atoms with Gasteiger partial charge in [-0.05, 0) is 169 Å². The van der Waals surface area contributed by atoms with Gasteiger partial charge in [-0.15, -0.1) is 0 Å². The Kier molecular flexibility index (Phi) is 15.8. The SMILES string of the molecule is CC(C)(C)N1CCc2ccccc21.CC(C)(C)N1Cc2ccccc2C1.CC(C)(C)N1Cc2ccccc2C1=O.CC(C)(C)n1cnc2ccccc2c1=O.CC(C)(C)n1cnc2cccnc2c1=O. The Balaban J connectivity index is 0.000000144. The van der Waals surface area contributed by atoms with Gasteiger partial charge in [0.2, 0.25) is 0 Å². The van der Waals surface area contributed by atoms with E-state index in [1.165, 1.54) is 35.3 Å². The first kappa shape index (κ1) is 52.9. The van der Waals surface area contributed by atoms with E-state index < -0.39 is 0 Å². The summed E-state index contributed by atoms with van der Waals surface area (Å²) in [7, 11) is 0. The first-order chi connectivity index (χ1) is 32.7. The highest BCUT2D eigenvalue weighted by molar-refractivity contribution is 5.98. The Labute approximate surface area is 416 Å². The molecule has 3 aliphatic rings. The van der Waals surface area contributed by atoms with Gasteiger partial charge in [-0.3, -0.25) is 28.4 Å². The fraction of sp³-hybridized carbons (Fsp3) is 0.424. The number of hydrogen-bond donors (Lipinski definition) is 0. The van der Waals surface area contributed by atoms with Crippen LogP contribution in [0.5, 0.6) is 0 Å². The van der Waals surface area contributed by atoms with E-state index in [9.17, 15) is 14.4 Å². The van der Waals surface area contributed by atoms with Crippen LogP contribution in [0.25, 0.3) is 21.9 Å². The quantitative estimate of drug-likeness (QED) is 0.148. The van der Waals surface area contributed by atoms with Crippen LogP contribution in [0.15, 0.2) is 138 Å². The van der Waals surface area contributed by atoms with E-state index in [2.05, 4.69) is 136 Å². The lowest BCUT2D eigenvalue weighted by Crippen LogP contribution is -2.41. The van der Waals surface area contributed by atoms with E-state index >= 15 is 0 Å². The molecule has 0 spiro atoms. The summed E-state index contributed by atoms with van der Waals surface area (Å²) in [5, 5.41) is 0.676. The molecule has 7 aromatic rings. The zero-order valence-corrected chi connectivity index (χ0v) is 44.5. The van der Waals surface area contributed by atoms with Crippen LogP contribution in [0.1, 0.15) is 136 Å². The second kappa shape index (κ2) is 20.9. The molecule has 370 valence electrons. The minimum Gasteiger partial charge on any atom is -0.366 e. The number of nitrogens with zero attached hydrogens (tertiary/aromatic N) is 8. The molecule has 0 unspecified atom stereocenters. The van der Waals surface area contributed by atoms with Crippen molar-refractivity contribution in [3.63, 3.8) is 0 Å². The molecule has 0 saturated heterocycles. The van der Waals surface area contributed by atoms with Crippen LogP contribution >= 0.6 is 0 Å². The van der Waals surface area contributed by atoms with E-state index in [-0.39, 0.29) is 39.2 Å². The second-order valence-electron chi connectivity index (χ2n) is 23.3. The number of pyridine rings is 1. The average Bonchev–Trinajstić information content (AvgIpc) is 4.03. The molecule has 0 aliphatic carbocycles. The average molecular weight is 945 g/mol. The fourth-order valence-electron chi connectivity index (χ4n) is 8.62. The molecule has 0 bridgehead atoms. The maximum absolute atomic E-state index is 12.1. The third-order valence-corrected chi connectivity index (χ3v) is 12.7. The van der Waals surface area contributed by atoms with Crippen LogP contribution in [0, 0.1) is 0 Å². The molecule has 11 heteroatoms. The van der Waals surface area contributed by atoms with Crippen LogP contribution in [0.3, 0.4) is 0 Å². The molecule has 6 heterocycles. The fourth-order valence-corrected chi connectivity index (χ4v) is 8.62. The Bertz CT molecular complexity index is 2920. The Morgan fingerprint density at radius 3 is 1.47 bits per heavy atom. The predicted molar refractivity (Wildman–Crippen MR) is 289 cm³/mol. The van der Waals surface area contributed by atoms with Crippen molar-refractivity contribution in [1.82, 2.24) is 33.9 Å². The molecule has 3 aromatic heterocycles. The lowest BCUT2D eigenvalue weighted by Gasteiger charge is -2.34. The van der Waals surface area contributed by atoms with Crippen molar-refractivity contribution < 1.29 is 4.79 Å². The maximum Gasteiger partial charge on any atom is 0.280 e. The van der Waals surface area contributed by atoms with Gasteiger partial charge in [0.25, 0.3) is 17.0 Å². The van der Waals surface area contributed by atoms with Gasteiger partial charge in [0.05, 0.1) is 29.1 Å². The van der Waals surface area contributed by atoms with Gasteiger partial charge in [-0.2, -0.15) is 0 Å². The van der Waals surface area contributed by atoms with Gasteiger partial charge < -0.3 is 9.80 Å². The standard InChI is InChI=1S/C12H14N2O.C12H15NO.2C12H17N.C11H13N3O/c1-12(2,3)14-8-13-10-7-5-4-6-9(10)11(14)15;1-12(2,3)13-8-9-6-4-5-7-10(9)11(13)14;1-12(2,3)13-8-10-6-4-5-7-11(10)9-13;1-12(2,3)13-9-8-10-6-4-5-7-11(10)13;1-11(2,3)14-7-13-8-5-4-6-12-9(8)10(14)15/h4-8H,1-3H3;4-7H,8H2,1-3H3;2*4-7H,8-9H2,1-3H3;4-7H,1-3H3. The molecule has 0 N–H and O–H groups in total. The number of para-hydroxylation sites is 2. The van der Waals surface area contributed by atoms with Crippen LogP contribution in [0.2, 0.25) is 0 Å². The van der Waals surface area contributed by atoms with Gasteiger partial charge >= 0.3 is 0 Å². The van der Waals surface area contributed by atoms with Crippen LogP contribution in [-0.4, -0.2) is 63.0 Å². The summed E-state index contributed by atoms with van der Waals surface area (Å²) in [5.74, 6) is 0.160. The minimum atomic E-state index is -0.268. The van der Waals surface area contributed by atoms with Gasteiger partial charge in [-0.1, -0.05) is 72.8 Å². The van der Waals surface area contributed by atoms with Crippen molar-refractivity contribution in [2.75, 3.05) is 11.4 Å². The zero-order valence-electron chi connectivity index (χ0n) is 44.5. The van der Waals surface area contributed by atoms with Gasteiger partial charge in [0, 0.05) is 71.3 Å². The van der Waals surface area contributed by atoms with Crippen molar-refractivity contribution in [3.8, 4) is 0 Å². The first-order valence-electron chi connectivity index (χ1n) is 24.5. The summed E-state index contributed by atoms with van der Waals surface area (Å²) >= 11 is 0. The number of benzene rings is 4. The number of aromatic nitrogens is 5. The number of amides is 1. The topological polar surface area (TPSA) is 109 Å². The van der Waals surface area contributed by atoms with Crippen LogP contribution < -0.4 is 16.0 Å². The van der Waals surface area contributed by atoms with Gasteiger partial charge in [0.1, 0.15) is 0 Å². The Morgan fingerprint density at radius 1 is 0.429 bits per heavy atom. The molecule has 1 amide bonds.